The summed E-state index contributed by atoms with van der Waals surface area (Å²) in [5.74, 6) is 1.69. The van der Waals surface area contributed by atoms with Crippen LogP contribution in [0, 0.1) is 20.8 Å². The Morgan fingerprint density at radius 1 is 1.12 bits per heavy atom. The smallest absolute Gasteiger partial charge is 0.229 e. The Morgan fingerprint density at radius 2 is 1.88 bits per heavy atom. The maximum absolute atomic E-state index is 11.7. The molecule has 0 saturated carbocycles. The largest absolute Gasteiger partial charge is 0.355 e. The van der Waals surface area contributed by atoms with Crippen molar-refractivity contribution in [1.29, 1.82) is 0 Å². The van der Waals surface area contributed by atoms with Crippen LogP contribution < -0.4 is 10.2 Å². The van der Waals surface area contributed by atoms with Crippen molar-refractivity contribution in [1.82, 2.24) is 9.97 Å². The molecule has 1 unspecified atom stereocenters. The van der Waals surface area contributed by atoms with E-state index in [0.29, 0.717) is 12.4 Å². The Kier molecular flexibility index (Phi) is 4.69. The fourth-order valence-corrected chi connectivity index (χ4v) is 4.78. The van der Waals surface area contributed by atoms with Crippen LogP contribution in [0.25, 0.3) is 0 Å². The van der Waals surface area contributed by atoms with Crippen molar-refractivity contribution in [3.8, 4) is 0 Å². The second kappa shape index (κ2) is 6.63. The Labute approximate surface area is 149 Å². The van der Waals surface area contributed by atoms with Crippen molar-refractivity contribution in [2.75, 3.05) is 28.8 Å². The molecule has 1 N–H and O–H groups in total. The molecule has 0 aliphatic carbocycles. The van der Waals surface area contributed by atoms with Gasteiger partial charge in [0.1, 0.15) is 5.82 Å². The van der Waals surface area contributed by atoms with Crippen molar-refractivity contribution < 1.29 is 8.42 Å². The van der Waals surface area contributed by atoms with E-state index in [1.54, 1.807) is 0 Å². The van der Waals surface area contributed by atoms with Gasteiger partial charge in [-0.1, -0.05) is 6.07 Å². The molecule has 2 heterocycles. The molecule has 0 radical (unpaired) electrons. The molecule has 1 aromatic heterocycles. The van der Waals surface area contributed by atoms with E-state index in [0.717, 1.165) is 17.2 Å². The molecule has 134 valence electrons. The summed E-state index contributed by atoms with van der Waals surface area (Å²) < 4.78 is 23.5. The SMILES string of the molecule is Cc1cc(N(C)C2CCS(=O)(=O)C2)nc(Nc2ccc(C)c(C)c2)n1. The number of rotatable bonds is 4. The highest BCUT2D eigenvalue weighted by Crippen LogP contribution is 2.24. The number of hydrogen-bond acceptors (Lipinski definition) is 6. The van der Waals surface area contributed by atoms with E-state index in [1.807, 2.05) is 31.0 Å². The number of hydrogen-bond donors (Lipinski definition) is 1. The van der Waals surface area contributed by atoms with Gasteiger partial charge in [-0.3, -0.25) is 0 Å². The predicted molar refractivity (Wildman–Crippen MR) is 101 cm³/mol. The number of nitrogens with zero attached hydrogens (tertiary/aromatic N) is 3. The summed E-state index contributed by atoms with van der Waals surface area (Å²) in [7, 11) is -1.03. The first-order chi connectivity index (χ1) is 11.7. The van der Waals surface area contributed by atoms with Gasteiger partial charge >= 0.3 is 0 Å². The van der Waals surface area contributed by atoms with Crippen LogP contribution in [-0.2, 0) is 9.84 Å². The average molecular weight is 360 g/mol. The van der Waals surface area contributed by atoms with Crippen LogP contribution in [-0.4, -0.2) is 43.0 Å². The van der Waals surface area contributed by atoms with Crippen molar-refractivity contribution >= 4 is 27.3 Å². The van der Waals surface area contributed by atoms with E-state index >= 15 is 0 Å². The summed E-state index contributed by atoms with van der Waals surface area (Å²) >= 11 is 0. The molecule has 1 fully saturated rings. The third kappa shape index (κ3) is 4.10. The lowest BCUT2D eigenvalue weighted by Gasteiger charge is -2.25. The van der Waals surface area contributed by atoms with Crippen molar-refractivity contribution in [2.24, 2.45) is 0 Å². The van der Waals surface area contributed by atoms with Crippen LogP contribution >= 0.6 is 0 Å². The molecule has 1 saturated heterocycles. The van der Waals surface area contributed by atoms with Gasteiger partial charge < -0.3 is 10.2 Å². The molecule has 7 heteroatoms. The first-order valence-electron chi connectivity index (χ1n) is 8.37. The number of nitrogens with one attached hydrogen (secondary N) is 1. The third-order valence-electron chi connectivity index (χ3n) is 4.72. The van der Waals surface area contributed by atoms with Gasteiger partial charge in [-0.2, -0.15) is 4.98 Å². The van der Waals surface area contributed by atoms with Crippen LogP contribution in [0.4, 0.5) is 17.5 Å². The molecule has 6 nitrogen and oxygen atoms in total. The van der Waals surface area contributed by atoms with E-state index in [1.165, 1.54) is 11.1 Å². The second-order valence-corrected chi connectivity index (χ2v) is 9.01. The Bertz CT molecular complexity index is 896. The van der Waals surface area contributed by atoms with Crippen molar-refractivity contribution in [3.05, 3.63) is 41.1 Å². The van der Waals surface area contributed by atoms with Gasteiger partial charge in [0.15, 0.2) is 9.84 Å². The van der Waals surface area contributed by atoms with Gasteiger partial charge in [-0.15, -0.1) is 0 Å². The monoisotopic (exact) mass is 360 g/mol. The van der Waals surface area contributed by atoms with Gasteiger partial charge in [-0.05, 0) is 50.5 Å². The topological polar surface area (TPSA) is 75.2 Å². The fourth-order valence-electron chi connectivity index (χ4n) is 3.00. The van der Waals surface area contributed by atoms with Crippen molar-refractivity contribution in [2.45, 2.75) is 33.2 Å². The fraction of sp³-hybridized carbons (Fsp3) is 0.444. The zero-order valence-electron chi connectivity index (χ0n) is 15.1. The number of aryl methyl sites for hydroxylation is 3. The van der Waals surface area contributed by atoms with Gasteiger partial charge in [0, 0.05) is 30.5 Å². The molecule has 3 rings (SSSR count). The van der Waals surface area contributed by atoms with Crippen LogP contribution in [0.15, 0.2) is 24.3 Å². The number of sulfone groups is 1. The van der Waals surface area contributed by atoms with Gasteiger partial charge in [0.25, 0.3) is 0 Å². The zero-order chi connectivity index (χ0) is 18.2. The molecule has 0 bridgehead atoms. The maximum atomic E-state index is 11.7. The van der Waals surface area contributed by atoms with Crippen LogP contribution in [0.1, 0.15) is 23.2 Å². The Hall–Kier alpha value is -2.15. The first-order valence-corrected chi connectivity index (χ1v) is 10.2. The summed E-state index contributed by atoms with van der Waals surface area (Å²) in [6, 6.07) is 7.98. The molecule has 0 spiro atoms. The minimum Gasteiger partial charge on any atom is -0.355 e. The predicted octanol–water partition coefficient (Wildman–Crippen LogP) is 2.77. The van der Waals surface area contributed by atoms with E-state index in [2.05, 4.69) is 41.3 Å². The van der Waals surface area contributed by atoms with E-state index in [9.17, 15) is 8.42 Å². The van der Waals surface area contributed by atoms with E-state index < -0.39 is 9.84 Å². The standard InChI is InChI=1S/C18H24N4O2S/c1-12-5-6-15(9-13(12)2)20-18-19-14(3)10-17(21-18)22(4)16-7-8-25(23,24)11-16/h5-6,9-10,16H,7-8,11H2,1-4H3,(H,19,20,21). The average Bonchev–Trinajstić information content (AvgIpc) is 2.90. The molecule has 25 heavy (non-hydrogen) atoms. The summed E-state index contributed by atoms with van der Waals surface area (Å²) in [4.78, 5) is 11.0. The lowest BCUT2D eigenvalue weighted by Crippen LogP contribution is -2.33. The highest BCUT2D eigenvalue weighted by atomic mass is 32.2. The van der Waals surface area contributed by atoms with Crippen LogP contribution in [0.3, 0.4) is 0 Å². The maximum Gasteiger partial charge on any atom is 0.229 e. The quantitative estimate of drug-likeness (QED) is 0.904. The van der Waals surface area contributed by atoms with Gasteiger partial charge in [0.05, 0.1) is 11.5 Å². The lowest BCUT2D eigenvalue weighted by atomic mass is 10.1. The third-order valence-corrected chi connectivity index (χ3v) is 6.47. The molecule has 1 aliphatic rings. The van der Waals surface area contributed by atoms with Crippen LogP contribution in [0.2, 0.25) is 0 Å². The minimum atomic E-state index is -2.93. The molecule has 0 amide bonds. The van der Waals surface area contributed by atoms with Crippen LogP contribution in [0.5, 0.6) is 0 Å². The Balaban J connectivity index is 1.84. The molecule has 2 aromatic rings. The first kappa shape index (κ1) is 17.7. The Morgan fingerprint density at radius 3 is 2.52 bits per heavy atom. The van der Waals surface area contributed by atoms with Crippen molar-refractivity contribution in [3.63, 3.8) is 0 Å². The molecular formula is C18H24N4O2S. The second-order valence-electron chi connectivity index (χ2n) is 6.78. The summed E-state index contributed by atoms with van der Waals surface area (Å²) in [6.07, 6.45) is 0.641. The summed E-state index contributed by atoms with van der Waals surface area (Å²) in [5.41, 5.74) is 4.21. The number of benzene rings is 1. The summed E-state index contributed by atoms with van der Waals surface area (Å²) in [5, 5.41) is 3.25. The van der Waals surface area contributed by atoms with E-state index in [-0.39, 0.29) is 17.5 Å². The molecule has 1 atom stereocenters. The molecular weight excluding hydrogens is 336 g/mol. The molecule has 1 aliphatic heterocycles. The normalized spacial score (nSPS) is 19.0. The highest BCUT2D eigenvalue weighted by molar-refractivity contribution is 7.91. The summed E-state index contributed by atoms with van der Waals surface area (Å²) in [6.45, 7) is 6.05. The number of anilines is 3. The van der Waals surface area contributed by atoms with E-state index in [4.69, 9.17) is 0 Å². The molecule has 1 aromatic carbocycles. The zero-order valence-corrected chi connectivity index (χ0v) is 15.9. The highest BCUT2D eigenvalue weighted by Gasteiger charge is 2.31. The van der Waals surface area contributed by atoms with Gasteiger partial charge in [-0.25, -0.2) is 13.4 Å². The lowest BCUT2D eigenvalue weighted by molar-refractivity contribution is 0.600. The van der Waals surface area contributed by atoms with Gasteiger partial charge in [0.2, 0.25) is 5.95 Å². The number of aromatic nitrogens is 2. The minimum absolute atomic E-state index is 0.0335.